The van der Waals surface area contributed by atoms with Gasteiger partial charge in [-0.3, -0.25) is 0 Å². The van der Waals surface area contributed by atoms with Crippen LogP contribution in [0.2, 0.25) is 0 Å². The number of ether oxygens (including phenoxy) is 1. The lowest BCUT2D eigenvalue weighted by atomic mass is 10.1. The summed E-state index contributed by atoms with van der Waals surface area (Å²) in [7, 11) is 0. The molecule has 1 atom stereocenters. The Kier molecular flexibility index (Phi) is 4.50. The summed E-state index contributed by atoms with van der Waals surface area (Å²) in [6.45, 7) is -0.930. The lowest BCUT2D eigenvalue weighted by Crippen LogP contribution is -2.42. The largest absolute Gasteiger partial charge is 0.488 e. The fourth-order valence-corrected chi connectivity index (χ4v) is 1.24. The highest BCUT2D eigenvalue weighted by Crippen LogP contribution is 2.39. The molecule has 0 spiro atoms. The van der Waals surface area contributed by atoms with Gasteiger partial charge in [-0.15, -0.1) is 0 Å². The van der Waals surface area contributed by atoms with E-state index < -0.39 is 31.2 Å². The number of halogens is 5. The summed E-state index contributed by atoms with van der Waals surface area (Å²) in [5.74, 6) is -4.77. The molecule has 1 aromatic rings. The molecule has 1 unspecified atom stereocenters. The molecule has 0 bridgehead atoms. The Morgan fingerprint density at radius 1 is 1.06 bits per heavy atom. The molecule has 0 aromatic heterocycles. The van der Waals surface area contributed by atoms with E-state index in [1.54, 1.807) is 6.07 Å². The molecule has 0 aliphatic heterocycles. The first-order chi connectivity index (χ1) is 8.26. The van der Waals surface area contributed by atoms with E-state index in [-0.39, 0.29) is 5.75 Å². The first-order valence-corrected chi connectivity index (χ1v) is 5.03. The first-order valence-electron chi connectivity index (χ1n) is 5.03. The Hall–Kier alpha value is -1.37. The van der Waals surface area contributed by atoms with E-state index in [4.69, 9.17) is 9.84 Å². The molecule has 1 N–H and O–H groups in total. The van der Waals surface area contributed by atoms with Gasteiger partial charge in [0.1, 0.15) is 11.9 Å². The van der Waals surface area contributed by atoms with Crippen molar-refractivity contribution < 1.29 is 31.8 Å². The second kappa shape index (κ2) is 5.51. The minimum atomic E-state index is -5.65. The van der Waals surface area contributed by atoms with Crippen molar-refractivity contribution in [1.82, 2.24) is 0 Å². The molecule has 0 radical (unpaired) electrons. The average Bonchev–Trinajstić information content (AvgIpc) is 2.27. The molecule has 0 fully saturated rings. The number of aliphatic hydroxyl groups excluding tert-OH is 1. The van der Waals surface area contributed by atoms with Gasteiger partial charge in [0.2, 0.25) is 0 Å². The molecule has 1 aromatic carbocycles. The van der Waals surface area contributed by atoms with Gasteiger partial charge in [-0.1, -0.05) is 18.2 Å². The summed E-state index contributed by atoms with van der Waals surface area (Å²) in [4.78, 5) is 0. The summed E-state index contributed by atoms with van der Waals surface area (Å²) >= 11 is 0. The zero-order valence-electron chi connectivity index (χ0n) is 9.12. The number of para-hydroxylation sites is 1. The van der Waals surface area contributed by atoms with Crippen LogP contribution in [0.4, 0.5) is 22.0 Å². The van der Waals surface area contributed by atoms with E-state index in [1.807, 2.05) is 0 Å². The van der Waals surface area contributed by atoms with Crippen LogP contribution in [0.15, 0.2) is 30.3 Å². The Morgan fingerprint density at radius 2 is 1.61 bits per heavy atom. The maximum Gasteiger partial charge on any atom is 0.453 e. The molecule has 0 saturated carbocycles. The summed E-state index contributed by atoms with van der Waals surface area (Å²) in [6, 6.07) is 7.49. The summed E-state index contributed by atoms with van der Waals surface area (Å²) in [6.07, 6.45) is -8.90. The fraction of sp³-hybridized carbons (Fsp3) is 0.455. The maximum absolute atomic E-state index is 12.8. The third-order valence-electron chi connectivity index (χ3n) is 2.15. The van der Waals surface area contributed by atoms with Crippen molar-refractivity contribution in [2.75, 3.05) is 6.61 Å². The summed E-state index contributed by atoms with van der Waals surface area (Å²) in [5, 5.41) is 8.79. The van der Waals surface area contributed by atoms with E-state index in [0.29, 0.717) is 0 Å². The van der Waals surface area contributed by atoms with Crippen LogP contribution >= 0.6 is 0 Å². The van der Waals surface area contributed by atoms with Gasteiger partial charge in [-0.2, -0.15) is 22.0 Å². The van der Waals surface area contributed by atoms with Gasteiger partial charge in [0, 0.05) is 0 Å². The summed E-state index contributed by atoms with van der Waals surface area (Å²) < 4.78 is 66.3. The minimum Gasteiger partial charge on any atom is -0.488 e. The molecule has 7 heteroatoms. The van der Waals surface area contributed by atoms with Crippen LogP contribution in [-0.4, -0.2) is 29.9 Å². The highest BCUT2D eigenvalue weighted by molar-refractivity contribution is 5.21. The lowest BCUT2D eigenvalue weighted by Gasteiger charge is -2.24. The molecule has 0 saturated heterocycles. The quantitative estimate of drug-likeness (QED) is 0.833. The van der Waals surface area contributed by atoms with Crippen LogP contribution in [0.25, 0.3) is 0 Å². The second-order valence-corrected chi connectivity index (χ2v) is 3.64. The molecule has 18 heavy (non-hydrogen) atoms. The van der Waals surface area contributed by atoms with E-state index in [9.17, 15) is 22.0 Å². The third-order valence-corrected chi connectivity index (χ3v) is 2.15. The van der Waals surface area contributed by atoms with Crippen LogP contribution in [0.3, 0.4) is 0 Å². The number of alkyl halides is 5. The van der Waals surface area contributed by atoms with E-state index >= 15 is 0 Å². The van der Waals surface area contributed by atoms with Gasteiger partial charge < -0.3 is 9.84 Å². The van der Waals surface area contributed by atoms with Gasteiger partial charge in [0.05, 0.1) is 13.0 Å². The molecule has 0 amide bonds. The van der Waals surface area contributed by atoms with Crippen molar-refractivity contribution in [3.8, 4) is 5.75 Å². The van der Waals surface area contributed by atoms with Crippen molar-refractivity contribution >= 4 is 0 Å². The minimum absolute atomic E-state index is 0.120. The van der Waals surface area contributed by atoms with E-state index in [0.717, 1.165) is 0 Å². The molecule has 1 rings (SSSR count). The SMILES string of the molecule is OCC(CC(F)(F)C(F)(F)F)Oc1ccccc1. The fourth-order valence-electron chi connectivity index (χ4n) is 1.24. The number of hydrogen-bond acceptors (Lipinski definition) is 2. The highest BCUT2D eigenvalue weighted by Gasteiger charge is 2.58. The normalized spacial score (nSPS) is 14.3. The van der Waals surface area contributed by atoms with Gasteiger partial charge >= 0.3 is 12.1 Å². The van der Waals surface area contributed by atoms with Gasteiger partial charge in [0.25, 0.3) is 0 Å². The number of hydrogen-bond donors (Lipinski definition) is 1. The van der Waals surface area contributed by atoms with Crippen LogP contribution in [0.1, 0.15) is 6.42 Å². The van der Waals surface area contributed by atoms with Crippen LogP contribution in [0.5, 0.6) is 5.75 Å². The number of rotatable bonds is 5. The summed E-state index contributed by atoms with van der Waals surface area (Å²) in [5.41, 5.74) is 0. The molecule has 102 valence electrons. The van der Waals surface area contributed by atoms with Crippen LogP contribution < -0.4 is 4.74 Å². The predicted octanol–water partition coefficient (Wildman–Crippen LogP) is 3.01. The van der Waals surface area contributed by atoms with Crippen molar-refractivity contribution in [2.45, 2.75) is 24.6 Å². The molecule has 0 aliphatic rings. The maximum atomic E-state index is 12.8. The zero-order chi connectivity index (χ0) is 13.8. The second-order valence-electron chi connectivity index (χ2n) is 3.64. The third kappa shape index (κ3) is 3.83. The standard InChI is InChI=1S/C11H11F5O2/c12-10(13,11(14,15)16)6-9(7-17)18-8-4-2-1-3-5-8/h1-5,9,17H,6-7H2. The van der Waals surface area contributed by atoms with Crippen molar-refractivity contribution in [2.24, 2.45) is 0 Å². The van der Waals surface area contributed by atoms with Crippen molar-refractivity contribution in [3.05, 3.63) is 30.3 Å². The smallest absolute Gasteiger partial charge is 0.453 e. The Balaban J connectivity index is 2.69. The molecule has 0 aliphatic carbocycles. The van der Waals surface area contributed by atoms with Gasteiger partial charge in [-0.25, -0.2) is 0 Å². The number of benzene rings is 1. The Bertz CT molecular complexity index is 363. The van der Waals surface area contributed by atoms with Crippen LogP contribution in [0, 0.1) is 0 Å². The lowest BCUT2D eigenvalue weighted by molar-refractivity contribution is -0.290. The Labute approximate surface area is 100.0 Å². The predicted molar refractivity (Wildman–Crippen MR) is 53.6 cm³/mol. The number of aliphatic hydroxyl groups is 1. The topological polar surface area (TPSA) is 29.5 Å². The molecule has 0 heterocycles. The molecular weight excluding hydrogens is 259 g/mol. The Morgan fingerprint density at radius 3 is 2.06 bits per heavy atom. The van der Waals surface area contributed by atoms with Crippen molar-refractivity contribution in [1.29, 1.82) is 0 Å². The average molecular weight is 270 g/mol. The van der Waals surface area contributed by atoms with Crippen molar-refractivity contribution in [3.63, 3.8) is 0 Å². The molecular formula is C11H11F5O2. The monoisotopic (exact) mass is 270 g/mol. The first kappa shape index (κ1) is 14.7. The van der Waals surface area contributed by atoms with E-state index in [1.165, 1.54) is 24.3 Å². The van der Waals surface area contributed by atoms with Crippen LogP contribution in [-0.2, 0) is 0 Å². The van der Waals surface area contributed by atoms with Gasteiger partial charge in [-0.05, 0) is 12.1 Å². The zero-order valence-corrected chi connectivity index (χ0v) is 9.12. The molecule has 2 nitrogen and oxygen atoms in total. The highest BCUT2D eigenvalue weighted by atomic mass is 19.4. The van der Waals surface area contributed by atoms with Gasteiger partial charge in [0.15, 0.2) is 0 Å². The van der Waals surface area contributed by atoms with E-state index in [2.05, 4.69) is 0 Å².